The fraction of sp³-hybridized carbons (Fsp3) is 0.333. The average Bonchev–Trinajstić information content (AvgIpc) is 1.93. The van der Waals surface area contributed by atoms with E-state index < -0.39 is 0 Å². The Kier molecular flexibility index (Phi) is 2.15. The highest BCUT2D eigenvalue weighted by Crippen LogP contribution is 2.24. The van der Waals surface area contributed by atoms with Crippen molar-refractivity contribution in [2.45, 2.75) is 5.92 Å². The van der Waals surface area contributed by atoms with Crippen molar-refractivity contribution in [2.24, 2.45) is 0 Å². The van der Waals surface area contributed by atoms with Crippen molar-refractivity contribution < 1.29 is 4.39 Å². The maximum atomic E-state index is 13.0. The smallest absolute Gasteiger partial charge is 0.137 e. The lowest BCUT2D eigenvalue weighted by Gasteiger charge is -2.27. The molecule has 1 heterocycles. The van der Waals surface area contributed by atoms with Crippen molar-refractivity contribution in [1.82, 2.24) is 5.32 Å². The van der Waals surface area contributed by atoms with Gasteiger partial charge in [0.25, 0.3) is 0 Å². The lowest BCUT2D eigenvalue weighted by Crippen LogP contribution is -2.39. The molecule has 1 nitrogen and oxygen atoms in total. The van der Waals surface area contributed by atoms with Gasteiger partial charge in [-0.3, -0.25) is 0 Å². The summed E-state index contributed by atoms with van der Waals surface area (Å²) in [6.07, 6.45) is 0. The number of nitrogens with one attached hydrogen (secondary N) is 1. The molecule has 1 saturated heterocycles. The summed E-state index contributed by atoms with van der Waals surface area (Å²) in [5.74, 6) is 0.340. The maximum Gasteiger partial charge on any atom is 0.137 e. The second kappa shape index (κ2) is 3.15. The third-order valence-corrected chi connectivity index (χ3v) is 2.84. The Morgan fingerprint density at radius 1 is 1.42 bits per heavy atom. The van der Waals surface area contributed by atoms with Gasteiger partial charge >= 0.3 is 0 Å². The van der Waals surface area contributed by atoms with Crippen molar-refractivity contribution in [2.75, 3.05) is 13.1 Å². The molecular formula is C9H9BrFN. The molecule has 1 aliphatic heterocycles. The minimum Gasteiger partial charge on any atom is -0.315 e. The molecule has 0 aromatic heterocycles. The van der Waals surface area contributed by atoms with E-state index in [0.29, 0.717) is 10.4 Å². The summed E-state index contributed by atoms with van der Waals surface area (Å²) in [5, 5.41) is 3.16. The quantitative estimate of drug-likeness (QED) is 0.780. The summed E-state index contributed by atoms with van der Waals surface area (Å²) >= 11 is 3.13. The van der Waals surface area contributed by atoms with E-state index in [1.54, 1.807) is 12.1 Å². The van der Waals surface area contributed by atoms with E-state index in [1.165, 1.54) is 0 Å². The van der Waals surface area contributed by atoms with Crippen LogP contribution in [0.3, 0.4) is 0 Å². The number of hydrogen-bond acceptors (Lipinski definition) is 1. The van der Waals surface area contributed by atoms with Gasteiger partial charge in [0, 0.05) is 19.0 Å². The molecule has 1 aliphatic rings. The van der Waals surface area contributed by atoms with E-state index in [-0.39, 0.29) is 5.82 Å². The molecule has 0 atom stereocenters. The van der Waals surface area contributed by atoms with E-state index in [2.05, 4.69) is 21.2 Å². The van der Waals surface area contributed by atoms with Gasteiger partial charge in [0.15, 0.2) is 0 Å². The summed E-state index contributed by atoms with van der Waals surface area (Å²) in [6, 6.07) is 5.34. The Morgan fingerprint density at radius 3 is 2.67 bits per heavy atom. The van der Waals surface area contributed by atoms with Gasteiger partial charge in [-0.2, -0.15) is 0 Å². The first-order chi connectivity index (χ1) is 5.77. The second-order valence-corrected chi connectivity index (χ2v) is 3.88. The highest BCUT2D eigenvalue weighted by molar-refractivity contribution is 9.10. The zero-order chi connectivity index (χ0) is 8.55. The van der Waals surface area contributed by atoms with Gasteiger partial charge < -0.3 is 5.32 Å². The Labute approximate surface area is 79.1 Å². The van der Waals surface area contributed by atoms with Crippen molar-refractivity contribution in [3.63, 3.8) is 0 Å². The lowest BCUT2D eigenvalue weighted by atomic mass is 9.94. The molecule has 1 fully saturated rings. The fourth-order valence-corrected chi connectivity index (χ4v) is 1.54. The van der Waals surface area contributed by atoms with Crippen molar-refractivity contribution in [3.8, 4) is 0 Å². The van der Waals surface area contributed by atoms with Gasteiger partial charge in [0.2, 0.25) is 0 Å². The van der Waals surface area contributed by atoms with Crippen LogP contribution in [0.15, 0.2) is 22.7 Å². The van der Waals surface area contributed by atoms with E-state index in [9.17, 15) is 4.39 Å². The summed E-state index contributed by atoms with van der Waals surface area (Å²) < 4.78 is 13.6. The lowest BCUT2D eigenvalue weighted by molar-refractivity contribution is 0.446. The van der Waals surface area contributed by atoms with Crippen LogP contribution in [0.4, 0.5) is 4.39 Å². The van der Waals surface area contributed by atoms with Crippen LogP contribution in [-0.2, 0) is 0 Å². The van der Waals surface area contributed by atoms with Crippen LogP contribution in [0.25, 0.3) is 0 Å². The third-order valence-electron chi connectivity index (χ3n) is 2.20. The summed E-state index contributed by atoms with van der Waals surface area (Å²) in [7, 11) is 0. The van der Waals surface area contributed by atoms with Crippen LogP contribution >= 0.6 is 15.9 Å². The largest absolute Gasteiger partial charge is 0.315 e. The molecule has 3 heteroatoms. The third kappa shape index (κ3) is 1.39. The molecule has 1 aromatic carbocycles. The molecule has 0 amide bonds. The Balaban J connectivity index is 2.27. The zero-order valence-corrected chi connectivity index (χ0v) is 8.07. The molecule has 1 aromatic rings. The first-order valence-electron chi connectivity index (χ1n) is 3.93. The summed E-state index contributed by atoms with van der Waals surface area (Å²) in [4.78, 5) is 0. The van der Waals surface area contributed by atoms with Crippen LogP contribution in [-0.4, -0.2) is 13.1 Å². The molecule has 12 heavy (non-hydrogen) atoms. The summed E-state index contributed by atoms with van der Waals surface area (Å²) in [5.41, 5.74) is 1.09. The SMILES string of the molecule is Fc1cc(C2CNC2)ccc1Br. The molecule has 1 N–H and O–H groups in total. The van der Waals surface area contributed by atoms with Gasteiger partial charge in [0.1, 0.15) is 5.82 Å². The highest BCUT2D eigenvalue weighted by atomic mass is 79.9. The van der Waals surface area contributed by atoms with Crippen LogP contribution in [0.1, 0.15) is 11.5 Å². The molecule has 0 radical (unpaired) electrons. The molecule has 0 bridgehead atoms. The minimum atomic E-state index is -0.167. The molecule has 0 aliphatic carbocycles. The number of benzene rings is 1. The molecule has 0 saturated carbocycles. The number of rotatable bonds is 1. The highest BCUT2D eigenvalue weighted by Gasteiger charge is 2.19. The predicted molar refractivity (Wildman–Crippen MR) is 49.7 cm³/mol. The van der Waals surface area contributed by atoms with Gasteiger partial charge in [-0.25, -0.2) is 4.39 Å². The number of hydrogen-bond donors (Lipinski definition) is 1. The Morgan fingerprint density at radius 2 is 2.17 bits per heavy atom. The van der Waals surface area contributed by atoms with E-state index in [4.69, 9.17) is 0 Å². The van der Waals surface area contributed by atoms with Crippen molar-refractivity contribution >= 4 is 15.9 Å². The van der Waals surface area contributed by atoms with E-state index in [0.717, 1.165) is 18.7 Å². The van der Waals surface area contributed by atoms with Gasteiger partial charge in [0.05, 0.1) is 4.47 Å². The summed E-state index contributed by atoms with van der Waals surface area (Å²) in [6.45, 7) is 1.95. The predicted octanol–water partition coefficient (Wildman–Crippen LogP) is 2.28. The van der Waals surface area contributed by atoms with Gasteiger partial charge in [-0.15, -0.1) is 0 Å². The zero-order valence-electron chi connectivity index (χ0n) is 6.48. The standard InChI is InChI=1S/C9H9BrFN/c10-8-2-1-6(3-9(8)11)7-4-12-5-7/h1-3,7,12H,4-5H2. The molecule has 0 spiro atoms. The van der Waals surface area contributed by atoms with Crippen LogP contribution in [0.5, 0.6) is 0 Å². The van der Waals surface area contributed by atoms with Gasteiger partial charge in [-0.1, -0.05) is 6.07 Å². The molecular weight excluding hydrogens is 221 g/mol. The monoisotopic (exact) mass is 229 g/mol. The number of halogens is 2. The molecule has 0 unspecified atom stereocenters. The molecule has 64 valence electrons. The maximum absolute atomic E-state index is 13.0. The fourth-order valence-electron chi connectivity index (χ4n) is 1.29. The topological polar surface area (TPSA) is 12.0 Å². The minimum absolute atomic E-state index is 0.167. The molecule has 2 rings (SSSR count). The Bertz CT molecular complexity index is 297. The van der Waals surface area contributed by atoms with Gasteiger partial charge in [-0.05, 0) is 33.6 Å². The first kappa shape index (κ1) is 8.20. The first-order valence-corrected chi connectivity index (χ1v) is 4.72. The van der Waals surface area contributed by atoms with Crippen LogP contribution in [0.2, 0.25) is 0 Å². The average molecular weight is 230 g/mol. The normalized spacial score (nSPS) is 17.5. The van der Waals surface area contributed by atoms with E-state index in [1.807, 2.05) is 6.07 Å². The van der Waals surface area contributed by atoms with E-state index >= 15 is 0 Å². The van der Waals surface area contributed by atoms with Crippen LogP contribution < -0.4 is 5.32 Å². The Hall–Kier alpha value is -0.410. The van der Waals surface area contributed by atoms with Crippen molar-refractivity contribution in [1.29, 1.82) is 0 Å². The van der Waals surface area contributed by atoms with Crippen molar-refractivity contribution in [3.05, 3.63) is 34.1 Å². The second-order valence-electron chi connectivity index (χ2n) is 3.03. The van der Waals surface area contributed by atoms with Crippen LogP contribution in [0, 0.1) is 5.82 Å².